The summed E-state index contributed by atoms with van der Waals surface area (Å²) in [7, 11) is 0. The second-order valence-electron chi connectivity index (χ2n) is 4.93. The Balaban J connectivity index is 1.85. The summed E-state index contributed by atoms with van der Waals surface area (Å²) in [5.41, 5.74) is 2.81. The van der Waals surface area contributed by atoms with Gasteiger partial charge < -0.3 is 10.2 Å². The van der Waals surface area contributed by atoms with Crippen LogP contribution >= 0.6 is 0 Å². The molecule has 1 N–H and O–H groups in total. The Kier molecular flexibility index (Phi) is 4.24. The standard InChI is InChI=1S/C15H22N2O/c1-3-15(18)16-9-6-10-17-12(2)11-13-7-4-5-8-14(13)17/h4-5,7-8,12H,3,6,9-11H2,1-2H3,(H,16,18)/t12-/m0/s1. The van der Waals surface area contributed by atoms with Gasteiger partial charge in [-0.2, -0.15) is 0 Å². The fourth-order valence-electron chi connectivity index (χ4n) is 2.57. The highest BCUT2D eigenvalue weighted by molar-refractivity contribution is 5.75. The molecule has 1 aromatic carbocycles. The van der Waals surface area contributed by atoms with Crippen molar-refractivity contribution in [3.63, 3.8) is 0 Å². The van der Waals surface area contributed by atoms with E-state index >= 15 is 0 Å². The van der Waals surface area contributed by atoms with Gasteiger partial charge in [-0.1, -0.05) is 25.1 Å². The SMILES string of the molecule is CCC(=O)NCCCN1c2ccccc2C[C@@H]1C. The third kappa shape index (κ3) is 2.84. The summed E-state index contributed by atoms with van der Waals surface area (Å²) in [5, 5.41) is 2.93. The number of para-hydroxylation sites is 1. The summed E-state index contributed by atoms with van der Waals surface area (Å²) < 4.78 is 0. The number of hydrogen-bond acceptors (Lipinski definition) is 2. The fraction of sp³-hybridized carbons (Fsp3) is 0.533. The van der Waals surface area contributed by atoms with E-state index in [1.165, 1.54) is 11.3 Å². The predicted molar refractivity (Wildman–Crippen MR) is 74.9 cm³/mol. The lowest BCUT2D eigenvalue weighted by Gasteiger charge is -2.24. The highest BCUT2D eigenvalue weighted by Crippen LogP contribution is 2.31. The molecular weight excluding hydrogens is 224 g/mol. The Hall–Kier alpha value is -1.51. The molecule has 0 aliphatic carbocycles. The van der Waals surface area contributed by atoms with E-state index in [2.05, 4.69) is 41.4 Å². The Morgan fingerprint density at radius 3 is 3.00 bits per heavy atom. The van der Waals surface area contributed by atoms with Gasteiger partial charge in [0.15, 0.2) is 0 Å². The molecule has 0 saturated carbocycles. The van der Waals surface area contributed by atoms with Crippen LogP contribution in [0.2, 0.25) is 0 Å². The predicted octanol–water partition coefficient (Wildman–Crippen LogP) is 2.35. The van der Waals surface area contributed by atoms with Crippen molar-refractivity contribution in [1.82, 2.24) is 5.32 Å². The van der Waals surface area contributed by atoms with Crippen LogP contribution in [0.3, 0.4) is 0 Å². The molecule has 1 amide bonds. The van der Waals surface area contributed by atoms with E-state index in [1.54, 1.807) is 0 Å². The minimum absolute atomic E-state index is 0.143. The van der Waals surface area contributed by atoms with Crippen LogP contribution in [0.5, 0.6) is 0 Å². The molecule has 0 unspecified atom stereocenters. The van der Waals surface area contributed by atoms with Crippen molar-refractivity contribution in [3.8, 4) is 0 Å². The van der Waals surface area contributed by atoms with Crippen LogP contribution in [-0.2, 0) is 11.2 Å². The van der Waals surface area contributed by atoms with E-state index in [9.17, 15) is 4.79 Å². The van der Waals surface area contributed by atoms with Crippen LogP contribution < -0.4 is 10.2 Å². The van der Waals surface area contributed by atoms with Gasteiger partial charge in [0.2, 0.25) is 5.91 Å². The topological polar surface area (TPSA) is 32.3 Å². The molecule has 1 heterocycles. The third-order valence-electron chi connectivity index (χ3n) is 3.57. The number of benzene rings is 1. The van der Waals surface area contributed by atoms with Gasteiger partial charge in [0.1, 0.15) is 0 Å². The van der Waals surface area contributed by atoms with E-state index in [0.29, 0.717) is 12.5 Å². The van der Waals surface area contributed by atoms with Gasteiger partial charge in [-0.3, -0.25) is 4.79 Å². The van der Waals surface area contributed by atoms with Crippen LogP contribution in [0.4, 0.5) is 5.69 Å². The number of amides is 1. The second-order valence-corrected chi connectivity index (χ2v) is 4.93. The van der Waals surface area contributed by atoms with Crippen molar-refractivity contribution < 1.29 is 4.79 Å². The Bertz CT molecular complexity index is 417. The normalized spacial score (nSPS) is 17.7. The summed E-state index contributed by atoms with van der Waals surface area (Å²) in [6.07, 6.45) is 2.71. The van der Waals surface area contributed by atoms with Crippen LogP contribution in [0.25, 0.3) is 0 Å². The van der Waals surface area contributed by atoms with Crippen molar-refractivity contribution in [3.05, 3.63) is 29.8 Å². The van der Waals surface area contributed by atoms with E-state index in [-0.39, 0.29) is 5.91 Å². The van der Waals surface area contributed by atoms with Crippen molar-refractivity contribution in [1.29, 1.82) is 0 Å². The maximum atomic E-state index is 11.1. The monoisotopic (exact) mass is 246 g/mol. The maximum absolute atomic E-state index is 11.1. The minimum Gasteiger partial charge on any atom is -0.368 e. The average Bonchev–Trinajstić information content (AvgIpc) is 2.70. The smallest absolute Gasteiger partial charge is 0.219 e. The zero-order chi connectivity index (χ0) is 13.0. The molecule has 0 bridgehead atoms. The largest absolute Gasteiger partial charge is 0.368 e. The second kappa shape index (κ2) is 5.89. The van der Waals surface area contributed by atoms with Crippen LogP contribution in [0, 0.1) is 0 Å². The van der Waals surface area contributed by atoms with Crippen molar-refractivity contribution >= 4 is 11.6 Å². The van der Waals surface area contributed by atoms with Gasteiger partial charge in [0.25, 0.3) is 0 Å². The highest BCUT2D eigenvalue weighted by atomic mass is 16.1. The number of hydrogen-bond donors (Lipinski definition) is 1. The van der Waals surface area contributed by atoms with Crippen molar-refractivity contribution in [2.75, 3.05) is 18.0 Å². The zero-order valence-corrected chi connectivity index (χ0v) is 11.3. The van der Waals surface area contributed by atoms with Gasteiger partial charge in [0.05, 0.1) is 0 Å². The first kappa shape index (κ1) is 12.9. The first-order chi connectivity index (χ1) is 8.72. The summed E-state index contributed by atoms with van der Waals surface area (Å²) in [6, 6.07) is 9.19. The molecule has 3 heteroatoms. The number of nitrogens with one attached hydrogen (secondary N) is 1. The minimum atomic E-state index is 0.143. The molecule has 1 aromatic rings. The maximum Gasteiger partial charge on any atom is 0.219 e. The number of carbonyl (C=O) groups excluding carboxylic acids is 1. The molecule has 1 aliphatic rings. The van der Waals surface area contributed by atoms with Crippen molar-refractivity contribution in [2.45, 2.75) is 39.2 Å². The molecule has 0 radical (unpaired) electrons. The molecule has 0 saturated heterocycles. The average molecular weight is 246 g/mol. The molecule has 0 fully saturated rings. The summed E-state index contributed by atoms with van der Waals surface area (Å²) in [6.45, 7) is 5.94. The van der Waals surface area contributed by atoms with Crippen molar-refractivity contribution in [2.24, 2.45) is 0 Å². The fourth-order valence-corrected chi connectivity index (χ4v) is 2.57. The number of nitrogens with zero attached hydrogens (tertiary/aromatic N) is 1. The number of rotatable bonds is 5. The van der Waals surface area contributed by atoms with Crippen LogP contribution in [0.1, 0.15) is 32.3 Å². The first-order valence-corrected chi connectivity index (χ1v) is 6.83. The Labute approximate surface area is 109 Å². The molecule has 98 valence electrons. The van der Waals surface area contributed by atoms with E-state index < -0.39 is 0 Å². The summed E-state index contributed by atoms with van der Waals surface area (Å²) >= 11 is 0. The molecule has 0 spiro atoms. The first-order valence-electron chi connectivity index (χ1n) is 6.83. The summed E-state index contributed by atoms with van der Waals surface area (Å²) in [5.74, 6) is 0.143. The molecule has 0 aromatic heterocycles. The Morgan fingerprint density at radius 2 is 2.22 bits per heavy atom. The lowest BCUT2D eigenvalue weighted by atomic mass is 10.1. The molecular formula is C15H22N2O. The van der Waals surface area contributed by atoms with E-state index in [4.69, 9.17) is 0 Å². The van der Waals surface area contributed by atoms with E-state index in [0.717, 1.165) is 25.9 Å². The van der Waals surface area contributed by atoms with Gasteiger partial charge in [0, 0.05) is 31.2 Å². The lowest BCUT2D eigenvalue weighted by Crippen LogP contribution is -2.33. The summed E-state index contributed by atoms with van der Waals surface area (Å²) in [4.78, 5) is 13.6. The highest BCUT2D eigenvalue weighted by Gasteiger charge is 2.24. The third-order valence-corrected chi connectivity index (χ3v) is 3.57. The van der Waals surface area contributed by atoms with E-state index in [1.807, 2.05) is 6.92 Å². The molecule has 3 nitrogen and oxygen atoms in total. The quantitative estimate of drug-likeness (QED) is 0.809. The number of fused-ring (bicyclic) bond motifs is 1. The number of carbonyl (C=O) groups is 1. The zero-order valence-electron chi connectivity index (χ0n) is 11.3. The molecule has 18 heavy (non-hydrogen) atoms. The van der Waals surface area contributed by atoms with Gasteiger partial charge in [-0.15, -0.1) is 0 Å². The van der Waals surface area contributed by atoms with Crippen LogP contribution in [0.15, 0.2) is 24.3 Å². The van der Waals surface area contributed by atoms with Gasteiger partial charge in [-0.25, -0.2) is 0 Å². The lowest BCUT2D eigenvalue weighted by molar-refractivity contribution is -0.120. The van der Waals surface area contributed by atoms with Gasteiger partial charge >= 0.3 is 0 Å². The molecule has 1 atom stereocenters. The van der Waals surface area contributed by atoms with Crippen LogP contribution in [-0.4, -0.2) is 25.0 Å². The Morgan fingerprint density at radius 1 is 1.44 bits per heavy atom. The number of anilines is 1. The van der Waals surface area contributed by atoms with Gasteiger partial charge in [-0.05, 0) is 31.4 Å². The molecule has 2 rings (SSSR count). The molecule has 1 aliphatic heterocycles.